The van der Waals surface area contributed by atoms with Crippen molar-refractivity contribution in [3.8, 4) is 0 Å². The highest BCUT2D eigenvalue weighted by atomic mass is 35.5. The highest BCUT2D eigenvalue weighted by molar-refractivity contribution is 6.35. The molecule has 9 nitrogen and oxygen atoms in total. The highest BCUT2D eigenvalue weighted by Gasteiger charge is 2.39. The molecule has 0 aliphatic carbocycles. The highest BCUT2D eigenvalue weighted by Crippen LogP contribution is 2.35. The molecule has 2 amide bonds. The Morgan fingerprint density at radius 3 is 2.63 bits per heavy atom. The summed E-state index contributed by atoms with van der Waals surface area (Å²) >= 11 is 6.37. The molecule has 0 spiro atoms. The molecule has 38 heavy (non-hydrogen) atoms. The van der Waals surface area contributed by atoms with Crippen molar-refractivity contribution in [3.63, 3.8) is 0 Å². The summed E-state index contributed by atoms with van der Waals surface area (Å²) in [6, 6.07) is 3.39. The minimum absolute atomic E-state index is 0.0299. The maximum absolute atomic E-state index is 13.4. The van der Waals surface area contributed by atoms with Gasteiger partial charge < -0.3 is 9.80 Å². The molecule has 2 aliphatic rings. The second-order valence-corrected chi connectivity index (χ2v) is 10.4. The summed E-state index contributed by atoms with van der Waals surface area (Å²) in [5.74, 6) is -2.01. The van der Waals surface area contributed by atoms with E-state index in [-0.39, 0.29) is 36.8 Å². The number of aromatic amines is 2. The van der Waals surface area contributed by atoms with Crippen molar-refractivity contribution in [1.29, 1.82) is 0 Å². The van der Waals surface area contributed by atoms with Crippen LogP contribution in [0.4, 0.5) is 13.2 Å². The number of aryl methyl sites for hydroxylation is 1. The summed E-state index contributed by atoms with van der Waals surface area (Å²) in [4.78, 5) is 41.2. The number of alkyl halides is 3. The van der Waals surface area contributed by atoms with E-state index in [1.54, 1.807) is 24.0 Å². The number of piperidine rings is 1. The van der Waals surface area contributed by atoms with Gasteiger partial charge in [-0.1, -0.05) is 11.6 Å². The molecule has 4 heterocycles. The number of hydrogen-bond acceptors (Lipinski definition) is 5. The fourth-order valence-corrected chi connectivity index (χ4v) is 5.83. The van der Waals surface area contributed by atoms with Crippen LogP contribution in [0.25, 0.3) is 10.9 Å². The van der Waals surface area contributed by atoms with Gasteiger partial charge in [0.15, 0.2) is 0 Å². The summed E-state index contributed by atoms with van der Waals surface area (Å²) in [6.45, 7) is 0.887. The number of aromatic nitrogens is 4. The lowest BCUT2D eigenvalue weighted by Crippen LogP contribution is -2.44. The number of hydrogen-bond donors (Lipinski definition) is 2. The normalized spacial score (nSPS) is 19.1. The summed E-state index contributed by atoms with van der Waals surface area (Å²) < 4.78 is 40.2. The van der Waals surface area contributed by atoms with Gasteiger partial charge in [-0.15, -0.1) is 0 Å². The SMILES string of the molecule is Cc1cc(C2CCN(C(=O)CC3Cc4cc(Cl)c5[nH]ncc5c4CN(CC(F)(F)F)C3=O)CC2)c(=O)[nH]n1. The number of amides is 2. The average molecular weight is 551 g/mol. The second-order valence-electron chi connectivity index (χ2n) is 10.0. The monoisotopic (exact) mass is 550 g/mol. The van der Waals surface area contributed by atoms with Crippen LogP contribution in [-0.2, 0) is 22.6 Å². The first-order valence-corrected chi connectivity index (χ1v) is 12.7. The lowest BCUT2D eigenvalue weighted by molar-refractivity contribution is -0.165. The lowest BCUT2D eigenvalue weighted by Gasteiger charge is -2.33. The summed E-state index contributed by atoms with van der Waals surface area (Å²) in [5.41, 5.74) is 2.74. The minimum Gasteiger partial charge on any atom is -0.343 e. The standard InChI is InChI=1S/C25H26ClF3N6O3/c1-13-6-17(23(37)33-31-13)14-2-4-34(5-3-14)21(36)9-16-7-15-8-20(26)22-18(10-30-32-22)19(15)11-35(24(16)38)12-25(27,28)29/h6,8,10,14,16H,2-5,7,9,11-12H2,1H3,(H,30,32)(H,33,37). The van der Waals surface area contributed by atoms with Crippen LogP contribution >= 0.6 is 11.6 Å². The number of nitrogens with one attached hydrogen (secondary N) is 2. The Labute approximate surface area is 220 Å². The number of rotatable bonds is 4. The summed E-state index contributed by atoms with van der Waals surface area (Å²) in [7, 11) is 0. The van der Waals surface area contributed by atoms with Crippen molar-refractivity contribution in [2.45, 2.75) is 51.2 Å². The molecule has 1 fully saturated rings. The van der Waals surface area contributed by atoms with Crippen LogP contribution in [0.5, 0.6) is 0 Å². The van der Waals surface area contributed by atoms with Gasteiger partial charge in [-0.25, -0.2) is 5.10 Å². The van der Waals surface area contributed by atoms with E-state index < -0.39 is 24.5 Å². The van der Waals surface area contributed by atoms with Gasteiger partial charge in [-0.05, 0) is 55.4 Å². The molecule has 13 heteroatoms. The number of benzene rings is 1. The van der Waals surface area contributed by atoms with Gasteiger partial charge >= 0.3 is 6.18 Å². The number of carbonyl (C=O) groups is 2. The number of fused-ring (bicyclic) bond motifs is 3. The minimum atomic E-state index is -4.60. The maximum Gasteiger partial charge on any atom is 0.406 e. The van der Waals surface area contributed by atoms with E-state index in [2.05, 4.69) is 20.4 Å². The third kappa shape index (κ3) is 5.27. The largest absolute Gasteiger partial charge is 0.406 e. The number of H-pyrrole nitrogens is 2. The molecule has 1 unspecified atom stereocenters. The van der Waals surface area contributed by atoms with Crippen LogP contribution < -0.4 is 5.56 Å². The van der Waals surface area contributed by atoms with E-state index in [0.29, 0.717) is 64.2 Å². The summed E-state index contributed by atoms with van der Waals surface area (Å²) in [5, 5.41) is 14.0. The zero-order valence-corrected chi connectivity index (χ0v) is 21.3. The molecule has 2 N–H and O–H groups in total. The topological polar surface area (TPSA) is 115 Å². The molecule has 5 rings (SSSR count). The van der Waals surface area contributed by atoms with Gasteiger partial charge in [-0.2, -0.15) is 23.4 Å². The Kier molecular flexibility index (Phi) is 6.93. The van der Waals surface area contributed by atoms with Crippen LogP contribution in [0.15, 0.2) is 23.1 Å². The van der Waals surface area contributed by atoms with Crippen LogP contribution in [0.2, 0.25) is 5.02 Å². The Balaban J connectivity index is 1.35. The average Bonchev–Trinajstić information content (AvgIpc) is 3.32. The van der Waals surface area contributed by atoms with Crippen molar-refractivity contribution >= 4 is 34.3 Å². The molecule has 1 aromatic carbocycles. The fourth-order valence-electron chi connectivity index (χ4n) is 5.55. The molecule has 1 saturated heterocycles. The second kappa shape index (κ2) is 10.0. The van der Waals surface area contributed by atoms with Crippen LogP contribution in [-0.4, -0.2) is 67.8 Å². The molecular weight excluding hydrogens is 525 g/mol. The quantitative estimate of drug-likeness (QED) is 0.516. The third-order valence-corrected chi connectivity index (χ3v) is 7.71. The number of carbonyl (C=O) groups excluding carboxylic acids is 2. The molecule has 3 aromatic rings. The van der Waals surface area contributed by atoms with Crippen molar-refractivity contribution in [2.24, 2.45) is 5.92 Å². The van der Waals surface area contributed by atoms with E-state index in [0.717, 1.165) is 4.90 Å². The number of nitrogens with zero attached hydrogens (tertiary/aromatic N) is 4. The maximum atomic E-state index is 13.4. The van der Waals surface area contributed by atoms with Gasteiger partial charge in [0, 0.05) is 37.0 Å². The Morgan fingerprint density at radius 2 is 1.92 bits per heavy atom. The summed E-state index contributed by atoms with van der Waals surface area (Å²) in [6.07, 6.45) is -2.10. The Morgan fingerprint density at radius 1 is 1.18 bits per heavy atom. The van der Waals surface area contributed by atoms with E-state index in [1.165, 1.54) is 6.20 Å². The van der Waals surface area contributed by atoms with Crippen molar-refractivity contribution in [1.82, 2.24) is 30.2 Å². The van der Waals surface area contributed by atoms with Crippen LogP contribution in [0.3, 0.4) is 0 Å². The molecule has 2 aliphatic heterocycles. The molecular formula is C25H26ClF3N6O3. The van der Waals surface area contributed by atoms with Gasteiger partial charge in [0.05, 0.1) is 28.3 Å². The predicted octanol–water partition coefficient (Wildman–Crippen LogP) is 3.47. The lowest BCUT2D eigenvalue weighted by atomic mass is 9.89. The first-order valence-electron chi connectivity index (χ1n) is 12.3. The van der Waals surface area contributed by atoms with Crippen molar-refractivity contribution in [3.05, 3.63) is 56.1 Å². The zero-order valence-electron chi connectivity index (χ0n) is 20.6. The first-order chi connectivity index (χ1) is 18.0. The smallest absolute Gasteiger partial charge is 0.343 e. The third-order valence-electron chi connectivity index (χ3n) is 7.41. The zero-order chi connectivity index (χ0) is 27.2. The first kappa shape index (κ1) is 26.2. The Bertz CT molecular complexity index is 1440. The van der Waals surface area contributed by atoms with Crippen molar-refractivity contribution < 1.29 is 22.8 Å². The fraction of sp³-hybridized carbons (Fsp3) is 0.480. The molecule has 0 bridgehead atoms. The van der Waals surface area contributed by atoms with Gasteiger partial charge in [0.2, 0.25) is 11.8 Å². The van der Waals surface area contributed by atoms with E-state index in [1.807, 2.05) is 0 Å². The van der Waals surface area contributed by atoms with Crippen LogP contribution in [0.1, 0.15) is 47.6 Å². The molecule has 202 valence electrons. The number of likely N-dealkylation sites (tertiary alicyclic amines) is 1. The van der Waals surface area contributed by atoms with Gasteiger partial charge in [0.1, 0.15) is 6.54 Å². The molecule has 0 radical (unpaired) electrons. The van der Waals surface area contributed by atoms with Gasteiger partial charge in [0.25, 0.3) is 5.56 Å². The van der Waals surface area contributed by atoms with Crippen LogP contribution in [0, 0.1) is 12.8 Å². The molecule has 1 atom stereocenters. The predicted molar refractivity (Wildman–Crippen MR) is 133 cm³/mol. The van der Waals surface area contributed by atoms with Crippen molar-refractivity contribution in [2.75, 3.05) is 19.6 Å². The molecule has 0 saturated carbocycles. The van der Waals surface area contributed by atoms with E-state index in [4.69, 9.17) is 11.6 Å². The van der Waals surface area contributed by atoms with E-state index in [9.17, 15) is 27.6 Å². The Hall–Kier alpha value is -3.41. The van der Waals surface area contributed by atoms with E-state index >= 15 is 0 Å². The van der Waals surface area contributed by atoms with Gasteiger partial charge in [-0.3, -0.25) is 19.5 Å². The number of halogens is 4. The molecule has 2 aromatic heterocycles.